The molecule has 30 heavy (non-hydrogen) atoms. The Labute approximate surface area is 172 Å². The molecule has 0 aliphatic rings. The molecule has 4 heterocycles. The number of halogens is 1. The van der Waals surface area contributed by atoms with E-state index < -0.39 is 18.0 Å². The van der Waals surface area contributed by atoms with E-state index in [1.165, 1.54) is 12.3 Å². The first-order valence-electron chi connectivity index (χ1n) is 9.53. The van der Waals surface area contributed by atoms with Gasteiger partial charge < -0.3 is 14.9 Å². The van der Waals surface area contributed by atoms with E-state index in [1.807, 2.05) is 38.4 Å². The van der Waals surface area contributed by atoms with Gasteiger partial charge in [-0.05, 0) is 38.1 Å². The summed E-state index contributed by atoms with van der Waals surface area (Å²) < 4.78 is 22.6. The molecule has 156 valence electrons. The minimum absolute atomic E-state index is 0.192. The molecule has 0 radical (unpaired) electrons. The molecule has 0 bridgehead atoms. The highest BCUT2D eigenvalue weighted by Crippen LogP contribution is 2.32. The molecule has 0 spiro atoms. The van der Waals surface area contributed by atoms with Gasteiger partial charge in [0, 0.05) is 23.5 Å². The van der Waals surface area contributed by atoms with Crippen LogP contribution in [0, 0.1) is 12.7 Å². The van der Waals surface area contributed by atoms with Crippen molar-refractivity contribution in [1.82, 2.24) is 24.4 Å². The van der Waals surface area contributed by atoms with Crippen molar-refractivity contribution in [3.8, 4) is 16.9 Å². The molecule has 0 saturated carbocycles. The summed E-state index contributed by atoms with van der Waals surface area (Å²) in [4.78, 5) is 4.10. The number of hydrogen-bond acceptors (Lipinski definition) is 6. The van der Waals surface area contributed by atoms with Gasteiger partial charge in [-0.25, -0.2) is 8.91 Å². The lowest BCUT2D eigenvalue weighted by Gasteiger charge is -2.16. The van der Waals surface area contributed by atoms with Crippen LogP contribution < -0.4 is 4.74 Å². The number of fused-ring (bicyclic) bond motifs is 1. The predicted molar refractivity (Wildman–Crippen MR) is 107 cm³/mol. The highest BCUT2D eigenvalue weighted by atomic mass is 19.1. The molecule has 0 fully saturated rings. The third-order valence-corrected chi connectivity index (χ3v) is 4.81. The first-order chi connectivity index (χ1) is 14.4. The van der Waals surface area contributed by atoms with E-state index in [-0.39, 0.29) is 13.2 Å². The van der Waals surface area contributed by atoms with E-state index in [1.54, 1.807) is 21.5 Å². The van der Waals surface area contributed by atoms with Crippen molar-refractivity contribution in [1.29, 1.82) is 0 Å². The van der Waals surface area contributed by atoms with Gasteiger partial charge in [-0.1, -0.05) is 0 Å². The van der Waals surface area contributed by atoms with Gasteiger partial charge in [-0.2, -0.15) is 10.2 Å². The molecule has 4 aromatic rings. The largest absolute Gasteiger partial charge is 0.482 e. The van der Waals surface area contributed by atoms with Crippen LogP contribution in [0.5, 0.6) is 5.75 Å². The van der Waals surface area contributed by atoms with Crippen LogP contribution in [0.2, 0.25) is 0 Å². The normalized spacial score (nSPS) is 13.5. The molecule has 4 aromatic heterocycles. The molecule has 0 aliphatic carbocycles. The second-order valence-electron chi connectivity index (χ2n) is 7.10. The minimum Gasteiger partial charge on any atom is -0.482 e. The fourth-order valence-corrected chi connectivity index (χ4v) is 3.29. The molecule has 2 N–H and O–H groups in total. The summed E-state index contributed by atoms with van der Waals surface area (Å²) in [6.07, 6.45) is 5.25. The second kappa shape index (κ2) is 8.21. The zero-order chi connectivity index (χ0) is 21.3. The van der Waals surface area contributed by atoms with Gasteiger partial charge in [0.2, 0.25) is 0 Å². The Kier molecular flexibility index (Phi) is 5.47. The molecular formula is C21H22FN5O3. The maximum atomic E-state index is 13.2. The van der Waals surface area contributed by atoms with E-state index in [0.717, 1.165) is 22.3 Å². The first-order valence-corrected chi connectivity index (χ1v) is 9.53. The molecule has 0 aliphatic heterocycles. The summed E-state index contributed by atoms with van der Waals surface area (Å²) in [6.45, 7) is 3.58. The highest BCUT2D eigenvalue weighted by molar-refractivity contribution is 5.72. The molecule has 9 heteroatoms. The Balaban J connectivity index is 1.69. The van der Waals surface area contributed by atoms with E-state index in [9.17, 15) is 9.50 Å². The van der Waals surface area contributed by atoms with Crippen LogP contribution >= 0.6 is 0 Å². The van der Waals surface area contributed by atoms with Crippen LogP contribution in [0.3, 0.4) is 0 Å². The van der Waals surface area contributed by atoms with Crippen LogP contribution in [0.4, 0.5) is 4.39 Å². The fourth-order valence-electron chi connectivity index (χ4n) is 3.29. The van der Waals surface area contributed by atoms with Crippen LogP contribution in [-0.4, -0.2) is 47.3 Å². The second-order valence-corrected chi connectivity index (χ2v) is 7.10. The lowest BCUT2D eigenvalue weighted by Crippen LogP contribution is -2.20. The van der Waals surface area contributed by atoms with Gasteiger partial charge in [-0.15, -0.1) is 0 Å². The van der Waals surface area contributed by atoms with Crippen molar-refractivity contribution in [2.75, 3.05) is 6.61 Å². The number of aryl methyl sites for hydroxylation is 1. The number of aromatic nitrogens is 5. The Morgan fingerprint density at radius 1 is 1.23 bits per heavy atom. The zero-order valence-electron chi connectivity index (χ0n) is 16.6. The number of rotatable bonds is 7. The molecule has 0 unspecified atom stereocenters. The molecule has 2 atom stereocenters. The fraction of sp³-hybridized carbons (Fsp3) is 0.286. The lowest BCUT2D eigenvalue weighted by atomic mass is 10.1. The van der Waals surface area contributed by atoms with Crippen molar-refractivity contribution < 1.29 is 19.3 Å². The van der Waals surface area contributed by atoms with Crippen LogP contribution in [-0.2, 0) is 6.54 Å². The van der Waals surface area contributed by atoms with E-state index >= 15 is 0 Å². The predicted octanol–water partition coefficient (Wildman–Crippen LogP) is 2.53. The van der Waals surface area contributed by atoms with Crippen molar-refractivity contribution in [2.24, 2.45) is 0 Å². The number of aliphatic hydroxyl groups is 2. The van der Waals surface area contributed by atoms with Gasteiger partial charge in [0.05, 0.1) is 43.0 Å². The average molecular weight is 411 g/mol. The maximum Gasteiger partial charge on any atom is 0.146 e. The number of ether oxygens (including phenoxy) is 1. The standard InChI is InChI=1S/C21H22FN5O3/c1-13-18(11-26(25-13)10-17(29)12-28)15-7-21(20-5-6-24-27(20)9-15)30-14(2)19-4-3-16(22)8-23-19/h3-9,11,14,17,28-29H,10,12H2,1-2H3/t14-,17+/m1/s1. The maximum absolute atomic E-state index is 13.2. The molecular weight excluding hydrogens is 389 g/mol. The van der Waals surface area contributed by atoms with E-state index in [2.05, 4.69) is 15.2 Å². The summed E-state index contributed by atoms with van der Waals surface area (Å²) >= 11 is 0. The lowest BCUT2D eigenvalue weighted by molar-refractivity contribution is 0.0782. The summed E-state index contributed by atoms with van der Waals surface area (Å²) in [5.74, 6) is 0.205. The zero-order valence-corrected chi connectivity index (χ0v) is 16.6. The summed E-state index contributed by atoms with van der Waals surface area (Å²) in [5, 5.41) is 27.5. The number of nitrogens with zero attached hydrogens (tertiary/aromatic N) is 5. The first kappa shape index (κ1) is 20.0. The topological polar surface area (TPSA) is 97.7 Å². The van der Waals surface area contributed by atoms with Gasteiger partial charge >= 0.3 is 0 Å². The summed E-state index contributed by atoms with van der Waals surface area (Å²) in [7, 11) is 0. The summed E-state index contributed by atoms with van der Waals surface area (Å²) in [5.41, 5.74) is 3.86. The minimum atomic E-state index is -0.881. The Hall–Kier alpha value is -3.30. The average Bonchev–Trinajstić information content (AvgIpc) is 3.34. The quantitative estimate of drug-likeness (QED) is 0.485. The Morgan fingerprint density at radius 2 is 2.07 bits per heavy atom. The van der Waals surface area contributed by atoms with Crippen LogP contribution in [0.25, 0.3) is 16.6 Å². The van der Waals surface area contributed by atoms with Crippen molar-refractivity contribution >= 4 is 5.52 Å². The molecule has 0 saturated heterocycles. The summed E-state index contributed by atoms with van der Waals surface area (Å²) in [6, 6.07) is 6.69. The molecule has 4 rings (SSSR count). The third-order valence-electron chi connectivity index (χ3n) is 4.81. The van der Waals surface area contributed by atoms with E-state index in [4.69, 9.17) is 9.84 Å². The highest BCUT2D eigenvalue weighted by Gasteiger charge is 2.16. The monoisotopic (exact) mass is 411 g/mol. The Bertz CT molecular complexity index is 1160. The molecule has 0 amide bonds. The number of pyridine rings is 2. The SMILES string of the molecule is Cc1nn(C[C@H](O)CO)cc1-c1cc(O[C@H](C)c2ccc(F)cn2)c2ccnn2c1. The van der Waals surface area contributed by atoms with Gasteiger partial charge in [0.15, 0.2) is 0 Å². The van der Waals surface area contributed by atoms with Gasteiger partial charge in [-0.3, -0.25) is 9.67 Å². The van der Waals surface area contributed by atoms with Crippen molar-refractivity contribution in [3.05, 3.63) is 66.3 Å². The number of hydrogen-bond donors (Lipinski definition) is 2. The van der Waals surface area contributed by atoms with E-state index in [0.29, 0.717) is 11.4 Å². The smallest absolute Gasteiger partial charge is 0.146 e. The molecule has 0 aromatic carbocycles. The number of aliphatic hydroxyl groups excluding tert-OH is 2. The van der Waals surface area contributed by atoms with Crippen molar-refractivity contribution in [2.45, 2.75) is 32.6 Å². The molecule has 8 nitrogen and oxygen atoms in total. The Morgan fingerprint density at radius 3 is 2.80 bits per heavy atom. The van der Waals surface area contributed by atoms with Crippen LogP contribution in [0.1, 0.15) is 24.4 Å². The van der Waals surface area contributed by atoms with Gasteiger partial charge in [0.25, 0.3) is 0 Å². The van der Waals surface area contributed by atoms with Gasteiger partial charge in [0.1, 0.15) is 23.2 Å². The van der Waals surface area contributed by atoms with Crippen LogP contribution in [0.15, 0.2) is 49.1 Å². The van der Waals surface area contributed by atoms with Crippen molar-refractivity contribution in [3.63, 3.8) is 0 Å². The third kappa shape index (κ3) is 4.03.